The third kappa shape index (κ3) is 5.73. The summed E-state index contributed by atoms with van der Waals surface area (Å²) in [5.74, 6) is 0.235. The molecule has 1 aromatic carbocycles. The van der Waals surface area contributed by atoms with Crippen LogP contribution in [0.1, 0.15) is 16.8 Å². The SMILES string of the molecule is CN(C)[C@@H]1CCN(c2ncc(C(=O)Nc3ccc(OC(F)(F)Cl)cc3)cc2-c2ncns2)C1. The molecule has 3 aromatic rings. The highest BCUT2D eigenvalue weighted by atomic mass is 35.5. The molecule has 12 heteroatoms. The fraction of sp³-hybridized carbons (Fsp3) is 0.333. The average molecular weight is 495 g/mol. The Morgan fingerprint density at radius 2 is 2.06 bits per heavy atom. The molecule has 1 amide bonds. The summed E-state index contributed by atoms with van der Waals surface area (Å²) in [6.07, 6.45) is 4.00. The topological polar surface area (TPSA) is 83.5 Å². The number of pyridine rings is 1. The molecule has 0 bridgehead atoms. The Bertz CT molecular complexity index is 1110. The van der Waals surface area contributed by atoms with Gasteiger partial charge < -0.3 is 19.9 Å². The van der Waals surface area contributed by atoms with Gasteiger partial charge in [-0.1, -0.05) is 0 Å². The lowest BCUT2D eigenvalue weighted by Crippen LogP contribution is -2.32. The third-order valence-corrected chi connectivity index (χ3v) is 6.03. The molecule has 174 valence electrons. The Kier molecular flexibility index (Phi) is 6.73. The van der Waals surface area contributed by atoms with Gasteiger partial charge in [0.1, 0.15) is 22.9 Å². The number of nitrogens with zero attached hydrogens (tertiary/aromatic N) is 5. The molecule has 1 aliphatic rings. The first-order valence-electron chi connectivity index (χ1n) is 10.1. The molecule has 0 aliphatic carbocycles. The van der Waals surface area contributed by atoms with Crippen molar-refractivity contribution in [2.75, 3.05) is 37.4 Å². The molecular weight excluding hydrogens is 474 g/mol. The van der Waals surface area contributed by atoms with Gasteiger partial charge in [0.15, 0.2) is 0 Å². The van der Waals surface area contributed by atoms with E-state index < -0.39 is 11.5 Å². The van der Waals surface area contributed by atoms with Gasteiger partial charge in [-0.05, 0) is 62.4 Å². The lowest BCUT2D eigenvalue weighted by atomic mass is 10.1. The van der Waals surface area contributed by atoms with Gasteiger partial charge in [-0.3, -0.25) is 4.79 Å². The van der Waals surface area contributed by atoms with Crippen LogP contribution in [0.5, 0.6) is 5.75 Å². The zero-order valence-electron chi connectivity index (χ0n) is 17.8. The molecule has 1 fully saturated rings. The van der Waals surface area contributed by atoms with Crippen molar-refractivity contribution in [1.29, 1.82) is 0 Å². The minimum absolute atomic E-state index is 0.126. The van der Waals surface area contributed by atoms with Gasteiger partial charge in [-0.2, -0.15) is 4.37 Å². The summed E-state index contributed by atoms with van der Waals surface area (Å²) in [6.45, 7) is 1.68. The molecule has 0 unspecified atom stereocenters. The fourth-order valence-electron chi connectivity index (χ4n) is 3.58. The first kappa shape index (κ1) is 23.3. The number of carbonyl (C=O) groups is 1. The predicted octanol–water partition coefficient (Wildman–Crippen LogP) is 4.16. The van der Waals surface area contributed by atoms with Gasteiger partial charge in [-0.15, -0.1) is 8.78 Å². The first-order chi connectivity index (χ1) is 15.7. The van der Waals surface area contributed by atoms with Crippen LogP contribution in [0, 0.1) is 0 Å². The van der Waals surface area contributed by atoms with Gasteiger partial charge in [0, 0.05) is 42.6 Å². The van der Waals surface area contributed by atoms with Gasteiger partial charge in [0.25, 0.3) is 5.91 Å². The monoisotopic (exact) mass is 494 g/mol. The summed E-state index contributed by atoms with van der Waals surface area (Å²) in [6, 6.07) is 7.61. The van der Waals surface area contributed by atoms with Crippen molar-refractivity contribution in [1.82, 2.24) is 19.2 Å². The van der Waals surface area contributed by atoms with Gasteiger partial charge >= 0.3 is 5.57 Å². The fourth-order valence-corrected chi connectivity index (χ4v) is 4.21. The minimum Gasteiger partial charge on any atom is -0.420 e. The molecular formula is C21H21ClF2N6O2S. The van der Waals surface area contributed by atoms with E-state index in [1.165, 1.54) is 48.3 Å². The zero-order chi connectivity index (χ0) is 23.6. The largest absolute Gasteiger partial charge is 0.487 e. The minimum atomic E-state index is -3.80. The van der Waals surface area contributed by atoms with Crippen LogP contribution in [0.2, 0.25) is 0 Å². The van der Waals surface area contributed by atoms with Crippen molar-refractivity contribution in [3.63, 3.8) is 0 Å². The molecule has 0 saturated carbocycles. The lowest BCUT2D eigenvalue weighted by molar-refractivity contribution is -0.0964. The van der Waals surface area contributed by atoms with E-state index in [1.54, 1.807) is 6.07 Å². The number of likely N-dealkylation sites (N-methyl/N-ethyl adjacent to an activating group) is 1. The maximum atomic E-state index is 12.8. The van der Waals surface area contributed by atoms with E-state index in [0.717, 1.165) is 30.9 Å². The zero-order valence-corrected chi connectivity index (χ0v) is 19.4. The molecule has 1 atom stereocenters. The van der Waals surface area contributed by atoms with Gasteiger partial charge in [0.05, 0.1) is 11.1 Å². The molecule has 1 N–H and O–H groups in total. The highest BCUT2D eigenvalue weighted by Crippen LogP contribution is 2.33. The molecule has 4 rings (SSSR count). The maximum absolute atomic E-state index is 12.8. The van der Waals surface area contributed by atoms with E-state index in [2.05, 4.69) is 48.3 Å². The first-order valence-corrected chi connectivity index (χ1v) is 11.2. The summed E-state index contributed by atoms with van der Waals surface area (Å²) in [4.78, 5) is 26.1. The van der Waals surface area contributed by atoms with Crippen LogP contribution < -0.4 is 15.0 Å². The summed E-state index contributed by atoms with van der Waals surface area (Å²) < 4.78 is 33.9. The van der Waals surface area contributed by atoms with E-state index in [0.29, 0.717) is 22.3 Å². The van der Waals surface area contributed by atoms with E-state index in [4.69, 9.17) is 11.6 Å². The van der Waals surface area contributed by atoms with Crippen LogP contribution >= 0.6 is 23.1 Å². The molecule has 1 aliphatic heterocycles. The molecule has 33 heavy (non-hydrogen) atoms. The second kappa shape index (κ2) is 9.54. The summed E-state index contributed by atoms with van der Waals surface area (Å²) in [5.41, 5.74) is -2.33. The Hall–Kier alpha value is -2.89. The lowest BCUT2D eigenvalue weighted by Gasteiger charge is -2.22. The second-order valence-electron chi connectivity index (χ2n) is 7.72. The Balaban J connectivity index is 1.55. The highest BCUT2D eigenvalue weighted by Gasteiger charge is 2.29. The quantitative estimate of drug-likeness (QED) is 0.494. The second-order valence-corrected chi connectivity index (χ2v) is 8.94. The molecule has 0 radical (unpaired) electrons. The van der Waals surface area contributed by atoms with E-state index in [-0.39, 0.29) is 5.75 Å². The van der Waals surface area contributed by atoms with Crippen molar-refractivity contribution < 1.29 is 18.3 Å². The number of alkyl halides is 3. The number of benzene rings is 1. The number of amides is 1. The number of ether oxygens (including phenoxy) is 1. The van der Waals surface area contributed by atoms with E-state index in [9.17, 15) is 13.6 Å². The van der Waals surface area contributed by atoms with E-state index >= 15 is 0 Å². The van der Waals surface area contributed by atoms with Crippen LogP contribution in [-0.4, -0.2) is 63.9 Å². The number of hydrogen-bond acceptors (Lipinski definition) is 8. The van der Waals surface area contributed by atoms with Crippen molar-refractivity contribution >= 4 is 40.5 Å². The molecule has 2 aromatic heterocycles. The Labute approximate surface area is 198 Å². The van der Waals surface area contributed by atoms with Gasteiger partial charge in [0.2, 0.25) is 0 Å². The predicted molar refractivity (Wildman–Crippen MR) is 123 cm³/mol. The van der Waals surface area contributed by atoms with Crippen LogP contribution in [0.15, 0.2) is 42.9 Å². The molecule has 3 heterocycles. The third-order valence-electron chi connectivity index (χ3n) is 5.26. The normalized spacial score (nSPS) is 16.3. The standard InChI is InChI=1S/C21H21ClF2N6O2S/c1-29(2)15-7-8-30(11-15)18-17(20-26-12-27-33-20)9-13(10-25-18)19(31)28-14-3-5-16(6-4-14)32-21(22,23)24/h3-6,9-10,12,15H,7-8,11H2,1-2H3,(H,28,31)/t15-/m1/s1. The van der Waals surface area contributed by atoms with Crippen molar-refractivity contribution in [3.05, 3.63) is 48.4 Å². The number of nitrogens with one attached hydrogen (secondary N) is 1. The van der Waals surface area contributed by atoms with Crippen LogP contribution in [0.3, 0.4) is 0 Å². The maximum Gasteiger partial charge on any atom is 0.487 e. The number of rotatable bonds is 7. The van der Waals surface area contributed by atoms with Crippen LogP contribution in [-0.2, 0) is 0 Å². The molecule has 8 nitrogen and oxygen atoms in total. The summed E-state index contributed by atoms with van der Waals surface area (Å²) >= 11 is 6.00. The smallest absolute Gasteiger partial charge is 0.420 e. The van der Waals surface area contributed by atoms with Crippen molar-refractivity contribution in [2.45, 2.75) is 18.0 Å². The van der Waals surface area contributed by atoms with Crippen LogP contribution in [0.25, 0.3) is 10.6 Å². The number of aromatic nitrogens is 3. The highest BCUT2D eigenvalue weighted by molar-refractivity contribution is 7.09. The van der Waals surface area contributed by atoms with E-state index in [1.807, 2.05) is 0 Å². The molecule has 0 spiro atoms. The summed E-state index contributed by atoms with van der Waals surface area (Å²) in [5, 5.41) is 3.39. The van der Waals surface area contributed by atoms with Crippen molar-refractivity contribution in [3.8, 4) is 16.3 Å². The Morgan fingerprint density at radius 3 is 2.67 bits per heavy atom. The number of hydrogen-bond donors (Lipinski definition) is 1. The number of anilines is 2. The Morgan fingerprint density at radius 1 is 1.30 bits per heavy atom. The average Bonchev–Trinajstić information content (AvgIpc) is 3.46. The summed E-state index contributed by atoms with van der Waals surface area (Å²) in [7, 11) is 4.11. The number of halogens is 3. The number of carbonyl (C=O) groups excluding carboxylic acids is 1. The van der Waals surface area contributed by atoms with Crippen LogP contribution in [0.4, 0.5) is 20.3 Å². The van der Waals surface area contributed by atoms with Gasteiger partial charge in [-0.25, -0.2) is 9.97 Å². The molecule has 1 saturated heterocycles. The van der Waals surface area contributed by atoms with Crippen molar-refractivity contribution in [2.24, 2.45) is 0 Å².